The number of aliphatic carboxylic acids is 2. The average Bonchev–Trinajstić information content (AvgIpc) is 3.33. The maximum Gasteiger partial charge on any atom is 0.328 e. The number of nitrogens with zero attached hydrogens (tertiary/aromatic N) is 2. The number of ether oxygens (including phenoxy) is 1. The maximum absolute atomic E-state index is 12.5. The quantitative estimate of drug-likeness (QED) is 0.620. The number of carbonyl (C=O) groups is 3. The van der Waals surface area contributed by atoms with Crippen molar-refractivity contribution in [2.24, 2.45) is 0 Å². The molecule has 1 heterocycles. The molecule has 1 saturated heterocycles. The summed E-state index contributed by atoms with van der Waals surface area (Å²) in [6.45, 7) is 5.77. The molecule has 3 rings (SSSR count). The SMILES string of the molecule is CC(c1ccc(C2CCCC2)cc1)N(C)C(=O)CN1CCOCC1.O=C(O)C=CC(=O)O. The van der Waals surface area contributed by atoms with Crippen molar-refractivity contribution in [2.75, 3.05) is 39.9 Å². The zero-order valence-electron chi connectivity index (χ0n) is 18.9. The molecular weight excluding hydrogens is 412 g/mol. The minimum Gasteiger partial charge on any atom is -0.478 e. The lowest BCUT2D eigenvalue weighted by Crippen LogP contribution is -2.44. The molecule has 2 N–H and O–H groups in total. The van der Waals surface area contributed by atoms with Crippen LogP contribution < -0.4 is 0 Å². The smallest absolute Gasteiger partial charge is 0.328 e. The van der Waals surface area contributed by atoms with Crippen LogP contribution in [0.4, 0.5) is 0 Å². The number of rotatable bonds is 7. The number of hydrogen-bond donors (Lipinski definition) is 2. The van der Waals surface area contributed by atoms with E-state index in [4.69, 9.17) is 14.9 Å². The highest BCUT2D eigenvalue weighted by Gasteiger charge is 2.22. The summed E-state index contributed by atoms with van der Waals surface area (Å²) in [6, 6.07) is 9.05. The van der Waals surface area contributed by atoms with Gasteiger partial charge in [-0.3, -0.25) is 9.69 Å². The number of carboxylic acids is 2. The van der Waals surface area contributed by atoms with Crippen LogP contribution in [0.15, 0.2) is 36.4 Å². The highest BCUT2D eigenvalue weighted by Crippen LogP contribution is 2.34. The first-order valence-corrected chi connectivity index (χ1v) is 11.1. The molecule has 0 aromatic heterocycles. The van der Waals surface area contributed by atoms with Crippen LogP contribution in [0.1, 0.15) is 55.7 Å². The summed E-state index contributed by atoms with van der Waals surface area (Å²) in [5, 5.41) is 15.6. The number of likely N-dealkylation sites (N-methyl/N-ethyl adjacent to an activating group) is 1. The molecular formula is C24H34N2O6. The monoisotopic (exact) mass is 446 g/mol. The van der Waals surface area contributed by atoms with Crippen LogP contribution in [0.3, 0.4) is 0 Å². The molecule has 1 aromatic rings. The van der Waals surface area contributed by atoms with E-state index >= 15 is 0 Å². The first kappa shape index (κ1) is 25.5. The summed E-state index contributed by atoms with van der Waals surface area (Å²) in [5.74, 6) is -1.58. The zero-order chi connectivity index (χ0) is 23.5. The Bertz CT molecular complexity index is 764. The van der Waals surface area contributed by atoms with Gasteiger partial charge in [0.05, 0.1) is 25.8 Å². The second kappa shape index (κ2) is 13.0. The van der Waals surface area contributed by atoms with Crippen molar-refractivity contribution in [3.05, 3.63) is 47.5 Å². The highest BCUT2D eigenvalue weighted by atomic mass is 16.5. The summed E-state index contributed by atoms with van der Waals surface area (Å²) in [4.78, 5) is 35.7. The van der Waals surface area contributed by atoms with E-state index in [0.29, 0.717) is 18.7 Å². The van der Waals surface area contributed by atoms with Gasteiger partial charge in [0, 0.05) is 32.3 Å². The topological polar surface area (TPSA) is 107 Å². The Morgan fingerprint density at radius 2 is 1.59 bits per heavy atom. The highest BCUT2D eigenvalue weighted by molar-refractivity contribution is 5.89. The number of carbonyl (C=O) groups excluding carboxylic acids is 1. The van der Waals surface area contributed by atoms with Crippen LogP contribution in [0.5, 0.6) is 0 Å². The summed E-state index contributed by atoms with van der Waals surface area (Å²) < 4.78 is 5.35. The van der Waals surface area contributed by atoms with Crippen molar-refractivity contribution in [3.8, 4) is 0 Å². The van der Waals surface area contributed by atoms with Crippen molar-refractivity contribution in [2.45, 2.75) is 44.6 Å². The molecule has 2 fully saturated rings. The number of benzene rings is 1. The van der Waals surface area contributed by atoms with Crippen molar-refractivity contribution in [1.29, 1.82) is 0 Å². The Hall–Kier alpha value is -2.71. The Morgan fingerprint density at radius 1 is 1.06 bits per heavy atom. The maximum atomic E-state index is 12.5. The average molecular weight is 447 g/mol. The van der Waals surface area contributed by atoms with Gasteiger partial charge in [-0.2, -0.15) is 0 Å². The summed E-state index contributed by atoms with van der Waals surface area (Å²) in [6.07, 6.45) is 6.49. The molecule has 1 amide bonds. The predicted octanol–water partition coefficient (Wildman–Crippen LogP) is 2.91. The molecule has 1 aliphatic carbocycles. The zero-order valence-corrected chi connectivity index (χ0v) is 18.9. The van der Waals surface area contributed by atoms with Crippen molar-refractivity contribution < 1.29 is 29.3 Å². The molecule has 0 bridgehead atoms. The Morgan fingerprint density at radius 3 is 2.09 bits per heavy atom. The van der Waals surface area contributed by atoms with Crippen molar-refractivity contribution in [3.63, 3.8) is 0 Å². The largest absolute Gasteiger partial charge is 0.478 e. The summed E-state index contributed by atoms with van der Waals surface area (Å²) in [5.41, 5.74) is 2.68. The lowest BCUT2D eigenvalue weighted by molar-refractivity contribution is -0.134. The van der Waals surface area contributed by atoms with Crippen molar-refractivity contribution >= 4 is 17.8 Å². The summed E-state index contributed by atoms with van der Waals surface area (Å²) in [7, 11) is 1.92. The van der Waals surface area contributed by atoms with Gasteiger partial charge in [-0.15, -0.1) is 0 Å². The fourth-order valence-corrected chi connectivity index (χ4v) is 3.95. The van der Waals surface area contributed by atoms with Gasteiger partial charge in [-0.25, -0.2) is 9.59 Å². The fraction of sp³-hybridized carbons (Fsp3) is 0.542. The van der Waals surface area contributed by atoms with Gasteiger partial charge in [0.2, 0.25) is 5.91 Å². The summed E-state index contributed by atoms with van der Waals surface area (Å²) >= 11 is 0. The molecule has 1 atom stereocenters. The van der Waals surface area contributed by atoms with Gasteiger partial charge in [-0.1, -0.05) is 37.1 Å². The Labute approximate surface area is 189 Å². The van der Waals surface area contributed by atoms with E-state index in [-0.39, 0.29) is 11.9 Å². The van der Waals surface area contributed by atoms with Crippen LogP contribution in [0.2, 0.25) is 0 Å². The minimum atomic E-state index is -1.26. The molecule has 2 aliphatic rings. The van der Waals surface area contributed by atoms with E-state index in [1.165, 1.54) is 36.8 Å². The fourth-order valence-electron chi connectivity index (χ4n) is 3.95. The molecule has 176 valence electrons. The normalized spacial score (nSPS) is 18.1. The van der Waals surface area contributed by atoms with Crippen LogP contribution >= 0.6 is 0 Å². The molecule has 1 saturated carbocycles. The minimum absolute atomic E-state index is 0.108. The molecule has 1 aromatic carbocycles. The Kier molecular flexibility index (Phi) is 10.4. The first-order chi connectivity index (χ1) is 15.3. The van der Waals surface area contributed by atoms with Crippen LogP contribution in [-0.2, 0) is 19.1 Å². The standard InChI is InChI=1S/C20H30N2O2.C4H4O4/c1-16(21(2)20(23)15-22-11-13-24-14-12-22)17-7-9-19(10-8-17)18-5-3-4-6-18;5-3(6)1-2-4(7)8/h7-10,16,18H,3-6,11-15H2,1-2H3;1-2H,(H,5,6)(H,7,8). The lowest BCUT2D eigenvalue weighted by Gasteiger charge is -2.31. The van der Waals surface area contributed by atoms with E-state index in [1.807, 2.05) is 11.9 Å². The molecule has 1 unspecified atom stereocenters. The van der Waals surface area contributed by atoms with Gasteiger partial charge in [0.15, 0.2) is 0 Å². The number of carboxylic acid groups (broad SMARTS) is 2. The van der Waals surface area contributed by atoms with E-state index in [0.717, 1.165) is 32.2 Å². The van der Waals surface area contributed by atoms with Crippen molar-refractivity contribution in [1.82, 2.24) is 9.80 Å². The van der Waals surface area contributed by atoms with Crippen LogP contribution in [0.25, 0.3) is 0 Å². The van der Waals surface area contributed by atoms with E-state index in [9.17, 15) is 14.4 Å². The predicted molar refractivity (Wildman–Crippen MR) is 121 cm³/mol. The van der Waals surface area contributed by atoms with Gasteiger partial charge in [0.1, 0.15) is 0 Å². The van der Waals surface area contributed by atoms with Gasteiger partial charge < -0.3 is 19.8 Å². The molecule has 0 spiro atoms. The second-order valence-electron chi connectivity index (χ2n) is 8.23. The van der Waals surface area contributed by atoms with E-state index < -0.39 is 11.9 Å². The molecule has 32 heavy (non-hydrogen) atoms. The molecule has 1 aliphatic heterocycles. The molecule has 8 nitrogen and oxygen atoms in total. The van der Waals surface area contributed by atoms with E-state index in [1.54, 1.807) is 0 Å². The molecule has 0 radical (unpaired) electrons. The van der Waals surface area contributed by atoms with Crippen LogP contribution in [-0.4, -0.2) is 77.8 Å². The number of amides is 1. The number of morpholine rings is 1. The number of hydrogen-bond acceptors (Lipinski definition) is 5. The third-order valence-electron chi connectivity index (χ3n) is 6.05. The first-order valence-electron chi connectivity index (χ1n) is 11.1. The van der Waals surface area contributed by atoms with Crippen LogP contribution in [0, 0.1) is 0 Å². The van der Waals surface area contributed by atoms with E-state index in [2.05, 4.69) is 36.1 Å². The third kappa shape index (κ3) is 8.43. The second-order valence-corrected chi connectivity index (χ2v) is 8.23. The molecule has 8 heteroatoms. The third-order valence-corrected chi connectivity index (χ3v) is 6.05. The lowest BCUT2D eigenvalue weighted by atomic mass is 9.95. The van der Waals surface area contributed by atoms with Gasteiger partial charge in [0.25, 0.3) is 0 Å². The van der Waals surface area contributed by atoms with Gasteiger partial charge >= 0.3 is 11.9 Å². The Balaban J connectivity index is 0.000000390. The van der Waals surface area contributed by atoms with Gasteiger partial charge in [-0.05, 0) is 36.8 Å².